The number of carbonyl (C=O) groups is 2. The normalized spacial score (nSPS) is 14.4. The van der Waals surface area contributed by atoms with Gasteiger partial charge >= 0.3 is 0 Å². The van der Waals surface area contributed by atoms with Crippen LogP contribution in [0.25, 0.3) is 12.2 Å². The van der Waals surface area contributed by atoms with E-state index >= 15 is 0 Å². The standard InChI is InChI=1S/C31H36N2O6/c1-36-26-18-24(19-27(22-26)37-2)10-5-7-12-30(34)32-14-9-15-33(17-16-32)31(35)13-8-6-11-25-20-28(38-3)23-29(21-25)39-4/h5-8,10-13,18-23H,9,14-17H2,1-4H3/b10-5+,11-6+,12-7+,13-8+. The molecule has 1 heterocycles. The average Bonchev–Trinajstić information content (AvgIpc) is 3.23. The lowest BCUT2D eigenvalue weighted by molar-refractivity contribution is -0.128. The summed E-state index contributed by atoms with van der Waals surface area (Å²) in [6.45, 7) is 2.17. The van der Waals surface area contributed by atoms with Crippen molar-refractivity contribution in [2.75, 3.05) is 54.6 Å². The molecule has 0 unspecified atom stereocenters. The third kappa shape index (κ3) is 9.10. The second-order valence-corrected chi connectivity index (χ2v) is 8.73. The number of methoxy groups -OCH3 is 4. The van der Waals surface area contributed by atoms with Crippen molar-refractivity contribution in [1.82, 2.24) is 9.80 Å². The van der Waals surface area contributed by atoms with E-state index in [1.807, 2.05) is 36.4 Å². The summed E-state index contributed by atoms with van der Waals surface area (Å²) in [5.41, 5.74) is 1.80. The lowest BCUT2D eigenvalue weighted by atomic mass is 10.2. The van der Waals surface area contributed by atoms with Crippen LogP contribution in [0.3, 0.4) is 0 Å². The predicted molar refractivity (Wildman–Crippen MR) is 153 cm³/mol. The van der Waals surface area contributed by atoms with Crippen LogP contribution in [0.15, 0.2) is 72.9 Å². The first kappa shape index (κ1) is 29.1. The molecule has 0 N–H and O–H groups in total. The van der Waals surface area contributed by atoms with Gasteiger partial charge in [0.05, 0.1) is 28.4 Å². The third-order valence-electron chi connectivity index (χ3n) is 6.14. The molecule has 1 fully saturated rings. The molecule has 0 aliphatic carbocycles. The van der Waals surface area contributed by atoms with E-state index in [4.69, 9.17) is 18.9 Å². The molecule has 2 aromatic carbocycles. The van der Waals surface area contributed by atoms with E-state index in [2.05, 4.69) is 0 Å². The van der Waals surface area contributed by atoms with E-state index in [0.29, 0.717) is 49.2 Å². The minimum atomic E-state index is -0.0793. The van der Waals surface area contributed by atoms with Gasteiger partial charge in [-0.25, -0.2) is 0 Å². The van der Waals surface area contributed by atoms with Crippen LogP contribution < -0.4 is 18.9 Å². The second kappa shape index (κ2) is 15.1. The van der Waals surface area contributed by atoms with Gasteiger partial charge in [-0.2, -0.15) is 0 Å². The van der Waals surface area contributed by atoms with Crippen LogP contribution in [0.2, 0.25) is 0 Å². The molecule has 8 heteroatoms. The summed E-state index contributed by atoms with van der Waals surface area (Å²) in [7, 11) is 6.41. The number of rotatable bonds is 10. The van der Waals surface area contributed by atoms with Gasteiger partial charge in [-0.3, -0.25) is 9.59 Å². The Bertz CT molecular complexity index is 1110. The molecular weight excluding hydrogens is 496 g/mol. The highest BCUT2D eigenvalue weighted by molar-refractivity contribution is 5.89. The topological polar surface area (TPSA) is 77.5 Å². The zero-order valence-corrected chi connectivity index (χ0v) is 23.0. The van der Waals surface area contributed by atoms with E-state index in [9.17, 15) is 9.59 Å². The minimum Gasteiger partial charge on any atom is -0.497 e. The number of hydrogen-bond donors (Lipinski definition) is 0. The first-order valence-corrected chi connectivity index (χ1v) is 12.7. The number of amides is 2. The summed E-state index contributed by atoms with van der Waals surface area (Å²) in [5, 5.41) is 0. The molecule has 0 atom stereocenters. The zero-order chi connectivity index (χ0) is 28.0. The highest BCUT2D eigenvalue weighted by atomic mass is 16.5. The largest absolute Gasteiger partial charge is 0.497 e. The fourth-order valence-corrected chi connectivity index (χ4v) is 4.03. The number of carbonyl (C=O) groups excluding carboxylic acids is 2. The van der Waals surface area contributed by atoms with E-state index in [0.717, 1.165) is 17.5 Å². The van der Waals surface area contributed by atoms with Crippen molar-refractivity contribution < 1.29 is 28.5 Å². The van der Waals surface area contributed by atoms with Crippen LogP contribution in [0.4, 0.5) is 0 Å². The maximum Gasteiger partial charge on any atom is 0.246 e. The predicted octanol–water partition coefficient (Wildman–Crippen LogP) is 4.62. The summed E-state index contributed by atoms with van der Waals surface area (Å²) in [5.74, 6) is 2.62. The van der Waals surface area contributed by atoms with E-state index in [1.54, 1.807) is 86.8 Å². The van der Waals surface area contributed by atoms with Crippen molar-refractivity contribution >= 4 is 24.0 Å². The van der Waals surface area contributed by atoms with Gasteiger partial charge in [-0.15, -0.1) is 0 Å². The monoisotopic (exact) mass is 532 g/mol. The molecule has 2 amide bonds. The van der Waals surface area contributed by atoms with Gasteiger partial charge in [-0.1, -0.05) is 36.5 Å². The molecule has 0 radical (unpaired) electrons. The molecule has 0 spiro atoms. The smallest absolute Gasteiger partial charge is 0.246 e. The molecule has 0 saturated carbocycles. The summed E-state index contributed by atoms with van der Waals surface area (Å²) in [4.78, 5) is 28.9. The van der Waals surface area contributed by atoms with Crippen molar-refractivity contribution in [2.45, 2.75) is 6.42 Å². The van der Waals surface area contributed by atoms with Crippen LogP contribution in [-0.2, 0) is 9.59 Å². The van der Waals surface area contributed by atoms with Gasteiger partial charge in [0.15, 0.2) is 0 Å². The molecule has 2 aromatic rings. The number of ether oxygens (including phenoxy) is 4. The first-order chi connectivity index (χ1) is 18.9. The van der Waals surface area contributed by atoms with Crippen LogP contribution in [-0.4, -0.2) is 76.2 Å². The SMILES string of the molecule is COc1cc(/C=C/C=C/C(=O)N2CCCN(C(=O)/C=C/C=C/c3cc(OC)cc(OC)c3)CC2)cc(OC)c1. The molecule has 1 aliphatic rings. The van der Waals surface area contributed by atoms with Crippen molar-refractivity contribution in [1.29, 1.82) is 0 Å². The molecule has 8 nitrogen and oxygen atoms in total. The summed E-state index contributed by atoms with van der Waals surface area (Å²) in [6, 6.07) is 11.1. The van der Waals surface area contributed by atoms with Gasteiger partial charge in [0.2, 0.25) is 11.8 Å². The Kier molecular flexibility index (Phi) is 11.2. The Morgan fingerprint density at radius 3 is 1.26 bits per heavy atom. The van der Waals surface area contributed by atoms with Crippen LogP contribution in [0.5, 0.6) is 23.0 Å². The summed E-state index contributed by atoms with van der Waals surface area (Å²) in [6.07, 6.45) is 14.6. The summed E-state index contributed by atoms with van der Waals surface area (Å²) >= 11 is 0. The van der Waals surface area contributed by atoms with Crippen LogP contribution in [0.1, 0.15) is 17.5 Å². The second-order valence-electron chi connectivity index (χ2n) is 8.73. The van der Waals surface area contributed by atoms with Crippen LogP contribution >= 0.6 is 0 Å². The highest BCUT2D eigenvalue weighted by Gasteiger charge is 2.19. The molecule has 0 aromatic heterocycles. The Balaban J connectivity index is 1.50. The molecule has 206 valence electrons. The Morgan fingerprint density at radius 2 is 0.923 bits per heavy atom. The lowest BCUT2D eigenvalue weighted by Crippen LogP contribution is -2.36. The Morgan fingerprint density at radius 1 is 0.564 bits per heavy atom. The van der Waals surface area contributed by atoms with Gasteiger partial charge in [0, 0.05) is 50.5 Å². The number of benzene rings is 2. The van der Waals surface area contributed by atoms with Crippen molar-refractivity contribution in [3.8, 4) is 23.0 Å². The van der Waals surface area contributed by atoms with Crippen molar-refractivity contribution in [3.63, 3.8) is 0 Å². The molecule has 1 aliphatic heterocycles. The highest BCUT2D eigenvalue weighted by Crippen LogP contribution is 2.24. The molecule has 39 heavy (non-hydrogen) atoms. The lowest BCUT2D eigenvalue weighted by Gasteiger charge is -2.20. The quantitative estimate of drug-likeness (QED) is 0.328. The molecule has 0 bridgehead atoms. The van der Waals surface area contributed by atoms with Crippen molar-refractivity contribution in [3.05, 3.63) is 84.0 Å². The number of nitrogens with zero attached hydrogens (tertiary/aromatic N) is 2. The van der Waals surface area contributed by atoms with Crippen LogP contribution in [0, 0.1) is 0 Å². The fraction of sp³-hybridized carbons (Fsp3) is 0.290. The van der Waals surface area contributed by atoms with E-state index in [-0.39, 0.29) is 11.8 Å². The molecule has 3 rings (SSSR count). The first-order valence-electron chi connectivity index (χ1n) is 12.7. The fourth-order valence-electron chi connectivity index (χ4n) is 4.03. The van der Waals surface area contributed by atoms with Crippen molar-refractivity contribution in [2.24, 2.45) is 0 Å². The maximum atomic E-state index is 12.7. The maximum absolute atomic E-state index is 12.7. The Labute approximate surface area is 230 Å². The van der Waals surface area contributed by atoms with E-state index in [1.165, 1.54) is 0 Å². The minimum absolute atomic E-state index is 0.0793. The van der Waals surface area contributed by atoms with Gasteiger partial charge in [-0.05, 0) is 41.8 Å². The van der Waals surface area contributed by atoms with Gasteiger partial charge in [0.25, 0.3) is 0 Å². The molecule has 1 saturated heterocycles. The van der Waals surface area contributed by atoms with Gasteiger partial charge in [0.1, 0.15) is 23.0 Å². The summed E-state index contributed by atoms with van der Waals surface area (Å²) < 4.78 is 21.1. The number of allylic oxidation sites excluding steroid dienone is 4. The molecular formula is C31H36N2O6. The number of hydrogen-bond acceptors (Lipinski definition) is 6. The third-order valence-corrected chi connectivity index (χ3v) is 6.14. The zero-order valence-electron chi connectivity index (χ0n) is 23.0. The van der Waals surface area contributed by atoms with E-state index < -0.39 is 0 Å². The Hall–Kier alpha value is -4.46. The van der Waals surface area contributed by atoms with Gasteiger partial charge < -0.3 is 28.7 Å². The average molecular weight is 533 g/mol.